The van der Waals surface area contributed by atoms with Gasteiger partial charge in [0.15, 0.2) is 9.84 Å². The third-order valence-electron chi connectivity index (χ3n) is 2.54. The molecule has 106 valence electrons. The molecule has 2 rings (SSSR count). The molecule has 0 aliphatic heterocycles. The van der Waals surface area contributed by atoms with Crippen molar-refractivity contribution in [1.82, 2.24) is 5.32 Å². The largest absolute Gasteiger partial charge is 0.333 e. The molecular weight excluding hydrogens is 296 g/mol. The minimum atomic E-state index is -3.38. The van der Waals surface area contributed by atoms with Gasteiger partial charge in [0.2, 0.25) is 0 Å². The molecule has 5 nitrogen and oxygen atoms in total. The summed E-state index contributed by atoms with van der Waals surface area (Å²) in [5.41, 5.74) is 0.277. The van der Waals surface area contributed by atoms with Gasteiger partial charge in [0.25, 0.3) is 0 Å². The van der Waals surface area contributed by atoms with Crippen molar-refractivity contribution in [3.05, 3.63) is 46.7 Å². The predicted octanol–water partition coefficient (Wildman–Crippen LogP) is 2.47. The molecule has 0 saturated heterocycles. The highest BCUT2D eigenvalue weighted by Gasteiger charge is 2.14. The summed E-state index contributed by atoms with van der Waals surface area (Å²) < 4.78 is 23.2. The van der Waals surface area contributed by atoms with Crippen molar-refractivity contribution in [3.8, 4) is 0 Å². The second-order valence-electron chi connectivity index (χ2n) is 4.16. The van der Waals surface area contributed by atoms with Crippen molar-refractivity contribution in [3.63, 3.8) is 0 Å². The number of urea groups is 1. The van der Waals surface area contributed by atoms with Crippen LogP contribution in [0.5, 0.6) is 0 Å². The number of carbonyl (C=O) groups excluding carboxylic acids is 1. The lowest BCUT2D eigenvalue weighted by molar-refractivity contribution is 0.252. The number of anilines is 1. The first kappa shape index (κ1) is 14.5. The third-order valence-corrected chi connectivity index (χ3v) is 4.57. The molecular formula is C13H14N2O3S2. The first-order valence-electron chi connectivity index (χ1n) is 5.83. The zero-order valence-electron chi connectivity index (χ0n) is 10.8. The number of hydrogen-bond donors (Lipinski definition) is 2. The summed E-state index contributed by atoms with van der Waals surface area (Å²) in [5.74, 6) is 0. The fraction of sp³-hybridized carbons (Fsp3) is 0.154. The van der Waals surface area contributed by atoms with Crippen LogP contribution >= 0.6 is 11.3 Å². The number of benzene rings is 1. The lowest BCUT2D eigenvalue weighted by atomic mass is 10.3. The zero-order chi connectivity index (χ0) is 14.6. The molecule has 2 aromatic rings. The van der Waals surface area contributed by atoms with Gasteiger partial charge in [-0.1, -0.05) is 18.2 Å². The minimum Gasteiger partial charge on any atom is -0.333 e. The fourth-order valence-electron chi connectivity index (χ4n) is 1.64. The van der Waals surface area contributed by atoms with Crippen LogP contribution in [0.15, 0.2) is 46.7 Å². The Balaban J connectivity index is 2.05. The Morgan fingerprint density at radius 2 is 1.95 bits per heavy atom. The van der Waals surface area contributed by atoms with E-state index in [0.29, 0.717) is 6.54 Å². The van der Waals surface area contributed by atoms with Gasteiger partial charge in [-0.3, -0.25) is 0 Å². The Morgan fingerprint density at radius 3 is 2.60 bits per heavy atom. The fourth-order valence-corrected chi connectivity index (χ4v) is 3.13. The van der Waals surface area contributed by atoms with E-state index in [9.17, 15) is 13.2 Å². The van der Waals surface area contributed by atoms with Crippen LogP contribution in [0.25, 0.3) is 0 Å². The summed E-state index contributed by atoms with van der Waals surface area (Å²) in [6, 6.07) is 9.68. The van der Waals surface area contributed by atoms with E-state index in [1.807, 2.05) is 17.5 Å². The first-order chi connectivity index (χ1) is 9.47. The summed E-state index contributed by atoms with van der Waals surface area (Å²) in [6.07, 6.45) is 1.11. The van der Waals surface area contributed by atoms with Crippen molar-refractivity contribution < 1.29 is 13.2 Å². The van der Waals surface area contributed by atoms with Gasteiger partial charge in [0, 0.05) is 11.1 Å². The average molecular weight is 310 g/mol. The molecule has 0 fully saturated rings. The van der Waals surface area contributed by atoms with Crippen molar-refractivity contribution >= 4 is 32.9 Å². The molecule has 2 amide bonds. The summed E-state index contributed by atoms with van der Waals surface area (Å²) in [6.45, 7) is 0.407. The Hall–Kier alpha value is -1.86. The molecule has 0 aliphatic rings. The van der Waals surface area contributed by atoms with Crippen LogP contribution in [0.3, 0.4) is 0 Å². The standard InChI is InChI=1S/C13H14N2O3S2/c1-20(17,18)12-7-3-2-6-11(12)15-13(16)14-9-10-5-4-8-19-10/h2-8H,9H2,1H3,(H2,14,15,16). The molecule has 2 N–H and O–H groups in total. The van der Waals surface area contributed by atoms with E-state index in [1.165, 1.54) is 6.07 Å². The van der Waals surface area contributed by atoms with Gasteiger partial charge in [-0.15, -0.1) is 11.3 Å². The highest BCUT2D eigenvalue weighted by molar-refractivity contribution is 7.90. The molecule has 0 unspecified atom stereocenters. The molecule has 0 radical (unpaired) electrons. The van der Waals surface area contributed by atoms with E-state index in [-0.39, 0.29) is 10.6 Å². The number of hydrogen-bond acceptors (Lipinski definition) is 4. The predicted molar refractivity (Wildman–Crippen MR) is 79.7 cm³/mol. The van der Waals surface area contributed by atoms with E-state index < -0.39 is 15.9 Å². The van der Waals surface area contributed by atoms with Crippen molar-refractivity contribution in [2.24, 2.45) is 0 Å². The molecule has 1 aromatic heterocycles. The van der Waals surface area contributed by atoms with E-state index in [4.69, 9.17) is 0 Å². The molecule has 0 aliphatic carbocycles. The van der Waals surface area contributed by atoms with Crippen LogP contribution in [-0.4, -0.2) is 20.7 Å². The monoisotopic (exact) mass is 310 g/mol. The van der Waals surface area contributed by atoms with Crippen LogP contribution in [-0.2, 0) is 16.4 Å². The van der Waals surface area contributed by atoms with Crippen LogP contribution in [0.1, 0.15) is 4.88 Å². The van der Waals surface area contributed by atoms with Gasteiger partial charge in [-0.05, 0) is 23.6 Å². The maximum absolute atomic E-state index is 11.8. The lowest BCUT2D eigenvalue weighted by Gasteiger charge is -2.10. The maximum atomic E-state index is 11.8. The SMILES string of the molecule is CS(=O)(=O)c1ccccc1NC(=O)NCc1cccs1. The van der Waals surface area contributed by atoms with Crippen molar-refractivity contribution in [2.45, 2.75) is 11.4 Å². The molecule has 0 bridgehead atoms. The van der Waals surface area contributed by atoms with E-state index in [2.05, 4.69) is 10.6 Å². The third kappa shape index (κ3) is 3.82. The topological polar surface area (TPSA) is 75.3 Å². The number of amides is 2. The minimum absolute atomic E-state index is 0.103. The summed E-state index contributed by atoms with van der Waals surface area (Å²) in [4.78, 5) is 12.9. The van der Waals surface area contributed by atoms with Gasteiger partial charge < -0.3 is 10.6 Å². The quantitative estimate of drug-likeness (QED) is 0.911. The zero-order valence-corrected chi connectivity index (χ0v) is 12.4. The molecule has 0 saturated carbocycles. The number of nitrogens with one attached hydrogen (secondary N) is 2. The molecule has 0 spiro atoms. The lowest BCUT2D eigenvalue weighted by Crippen LogP contribution is -2.28. The second-order valence-corrected chi connectivity index (χ2v) is 7.17. The highest BCUT2D eigenvalue weighted by atomic mass is 32.2. The van der Waals surface area contributed by atoms with Gasteiger partial charge in [-0.2, -0.15) is 0 Å². The summed E-state index contributed by atoms with van der Waals surface area (Å²) in [5, 5.41) is 7.16. The molecule has 1 aromatic carbocycles. The molecule has 7 heteroatoms. The van der Waals surface area contributed by atoms with Gasteiger partial charge in [0.1, 0.15) is 0 Å². The molecule has 0 atom stereocenters. The Morgan fingerprint density at radius 1 is 1.20 bits per heavy atom. The smallest absolute Gasteiger partial charge is 0.319 e. The van der Waals surface area contributed by atoms with Gasteiger partial charge >= 0.3 is 6.03 Å². The average Bonchev–Trinajstić information content (AvgIpc) is 2.89. The van der Waals surface area contributed by atoms with Crippen LogP contribution in [0, 0.1) is 0 Å². The summed E-state index contributed by atoms with van der Waals surface area (Å²) >= 11 is 1.54. The number of rotatable bonds is 4. The normalized spacial score (nSPS) is 11.1. The van der Waals surface area contributed by atoms with E-state index >= 15 is 0 Å². The Labute approximate surface area is 121 Å². The summed E-state index contributed by atoms with van der Waals surface area (Å²) in [7, 11) is -3.38. The molecule has 20 heavy (non-hydrogen) atoms. The van der Waals surface area contributed by atoms with Gasteiger partial charge in [0.05, 0.1) is 17.1 Å². The molecule has 1 heterocycles. The first-order valence-corrected chi connectivity index (χ1v) is 8.60. The number of carbonyl (C=O) groups is 1. The number of thiophene rings is 1. The van der Waals surface area contributed by atoms with Crippen LogP contribution < -0.4 is 10.6 Å². The maximum Gasteiger partial charge on any atom is 0.319 e. The second kappa shape index (κ2) is 6.06. The van der Waals surface area contributed by atoms with Crippen LogP contribution in [0.2, 0.25) is 0 Å². The highest BCUT2D eigenvalue weighted by Crippen LogP contribution is 2.20. The Kier molecular flexibility index (Phi) is 4.41. The number of sulfone groups is 1. The van der Waals surface area contributed by atoms with E-state index in [0.717, 1.165) is 11.1 Å². The number of para-hydroxylation sites is 1. The van der Waals surface area contributed by atoms with Crippen molar-refractivity contribution in [1.29, 1.82) is 0 Å². The van der Waals surface area contributed by atoms with E-state index in [1.54, 1.807) is 29.5 Å². The van der Waals surface area contributed by atoms with Crippen molar-refractivity contribution in [2.75, 3.05) is 11.6 Å². The van der Waals surface area contributed by atoms with Crippen LogP contribution in [0.4, 0.5) is 10.5 Å². The van der Waals surface area contributed by atoms with Gasteiger partial charge in [-0.25, -0.2) is 13.2 Å². The Bertz CT molecular complexity index is 694.